The number of sulfonamides is 1. The monoisotopic (exact) mass is 434 g/mol. The Bertz CT molecular complexity index is 960. The van der Waals surface area contributed by atoms with Crippen molar-refractivity contribution >= 4 is 21.7 Å². The number of piperazine rings is 2. The molecule has 0 atom stereocenters. The molecule has 2 aromatic heterocycles. The van der Waals surface area contributed by atoms with Crippen molar-refractivity contribution in [1.82, 2.24) is 28.7 Å². The number of hydrogen-bond acceptors (Lipinski definition) is 8. The van der Waals surface area contributed by atoms with Gasteiger partial charge in [-0.1, -0.05) is 0 Å². The molecule has 0 aliphatic carbocycles. The molecule has 2 saturated heterocycles. The lowest BCUT2D eigenvalue weighted by Gasteiger charge is -2.35. The molecule has 2 aliphatic heterocycles. The fourth-order valence-corrected chi connectivity index (χ4v) is 5.09. The maximum absolute atomic E-state index is 12.9. The van der Waals surface area contributed by atoms with E-state index in [2.05, 4.69) is 36.7 Å². The molecule has 0 aromatic carbocycles. The van der Waals surface area contributed by atoms with Gasteiger partial charge in [0.25, 0.3) is 10.0 Å². The Morgan fingerprint density at radius 1 is 0.867 bits per heavy atom. The molecule has 0 amide bonds. The third-order valence-electron chi connectivity index (χ3n) is 5.81. The van der Waals surface area contributed by atoms with Crippen LogP contribution >= 0.6 is 0 Å². The standard InChI is InChI=1S/C19H30N8O2S/c1-16(2)26-13-19(22-15-26)30(28,29)27-10-8-25(9-11-27)18-12-17(20-14-21-18)24-6-4-23(3)5-7-24/h12-16H,4-11H2,1-3H3. The summed E-state index contributed by atoms with van der Waals surface area (Å²) in [6.07, 6.45) is 4.79. The molecular formula is C19H30N8O2S. The first-order valence-electron chi connectivity index (χ1n) is 10.4. The van der Waals surface area contributed by atoms with E-state index in [0.717, 1.165) is 37.8 Å². The number of imidazole rings is 1. The van der Waals surface area contributed by atoms with Crippen LogP contribution in [0.2, 0.25) is 0 Å². The van der Waals surface area contributed by atoms with Crippen LogP contribution in [0.15, 0.2) is 29.9 Å². The van der Waals surface area contributed by atoms with Gasteiger partial charge in [-0.2, -0.15) is 4.31 Å². The summed E-state index contributed by atoms with van der Waals surface area (Å²) < 4.78 is 29.2. The number of aromatic nitrogens is 4. The topological polar surface area (TPSA) is 90.7 Å². The van der Waals surface area contributed by atoms with Gasteiger partial charge >= 0.3 is 0 Å². The van der Waals surface area contributed by atoms with Crippen molar-refractivity contribution in [3.8, 4) is 0 Å². The van der Waals surface area contributed by atoms with E-state index in [4.69, 9.17) is 0 Å². The van der Waals surface area contributed by atoms with Gasteiger partial charge in [0.15, 0.2) is 5.03 Å². The van der Waals surface area contributed by atoms with Crippen molar-refractivity contribution in [1.29, 1.82) is 0 Å². The van der Waals surface area contributed by atoms with E-state index < -0.39 is 10.0 Å². The second kappa shape index (κ2) is 8.48. The van der Waals surface area contributed by atoms with Crippen molar-refractivity contribution in [3.63, 3.8) is 0 Å². The van der Waals surface area contributed by atoms with E-state index in [0.29, 0.717) is 26.2 Å². The lowest BCUT2D eigenvalue weighted by atomic mass is 10.3. The van der Waals surface area contributed by atoms with E-state index in [1.165, 1.54) is 4.31 Å². The summed E-state index contributed by atoms with van der Waals surface area (Å²) >= 11 is 0. The van der Waals surface area contributed by atoms with Crippen molar-refractivity contribution in [2.24, 2.45) is 0 Å². The van der Waals surface area contributed by atoms with Gasteiger partial charge in [-0.3, -0.25) is 0 Å². The molecule has 0 radical (unpaired) electrons. The molecule has 0 saturated carbocycles. The van der Waals surface area contributed by atoms with E-state index in [-0.39, 0.29) is 11.1 Å². The molecule has 2 aromatic rings. The van der Waals surface area contributed by atoms with Crippen LogP contribution in [0.1, 0.15) is 19.9 Å². The molecule has 11 heteroatoms. The highest BCUT2D eigenvalue weighted by Gasteiger charge is 2.31. The van der Waals surface area contributed by atoms with Gasteiger partial charge in [0.1, 0.15) is 18.0 Å². The normalized spacial score (nSPS) is 19.6. The van der Waals surface area contributed by atoms with Gasteiger partial charge in [-0.05, 0) is 20.9 Å². The number of rotatable bonds is 5. The third kappa shape index (κ3) is 4.28. The van der Waals surface area contributed by atoms with Crippen LogP contribution in [0.25, 0.3) is 0 Å². The molecule has 30 heavy (non-hydrogen) atoms. The second-order valence-electron chi connectivity index (χ2n) is 8.17. The van der Waals surface area contributed by atoms with Crippen molar-refractivity contribution in [2.45, 2.75) is 24.9 Å². The zero-order valence-corrected chi connectivity index (χ0v) is 18.7. The molecule has 2 fully saturated rings. The van der Waals surface area contributed by atoms with Gasteiger partial charge in [-0.25, -0.2) is 23.4 Å². The van der Waals surface area contributed by atoms with Crippen LogP contribution in [0, 0.1) is 0 Å². The van der Waals surface area contributed by atoms with Gasteiger partial charge in [-0.15, -0.1) is 0 Å². The van der Waals surface area contributed by atoms with Crippen LogP contribution in [0.3, 0.4) is 0 Å². The summed E-state index contributed by atoms with van der Waals surface area (Å²) in [6.45, 7) is 9.90. The van der Waals surface area contributed by atoms with Crippen LogP contribution in [-0.2, 0) is 10.0 Å². The highest BCUT2D eigenvalue weighted by Crippen LogP contribution is 2.22. The van der Waals surface area contributed by atoms with Crippen LogP contribution in [-0.4, -0.2) is 96.5 Å². The Hall–Kier alpha value is -2.24. The van der Waals surface area contributed by atoms with E-state index >= 15 is 0 Å². The fourth-order valence-electron chi connectivity index (χ4n) is 3.74. The predicted molar refractivity (Wildman–Crippen MR) is 115 cm³/mol. The van der Waals surface area contributed by atoms with Crippen molar-refractivity contribution in [3.05, 3.63) is 24.9 Å². The zero-order valence-electron chi connectivity index (χ0n) is 17.8. The minimum atomic E-state index is -3.58. The number of hydrogen-bond donors (Lipinski definition) is 0. The Morgan fingerprint density at radius 3 is 1.97 bits per heavy atom. The highest BCUT2D eigenvalue weighted by atomic mass is 32.2. The average molecular weight is 435 g/mol. The molecule has 10 nitrogen and oxygen atoms in total. The Morgan fingerprint density at radius 2 is 1.43 bits per heavy atom. The van der Waals surface area contributed by atoms with Crippen molar-refractivity contribution in [2.75, 3.05) is 69.2 Å². The number of nitrogens with zero attached hydrogens (tertiary/aromatic N) is 8. The number of likely N-dealkylation sites (N-methyl/N-ethyl adjacent to an activating group) is 1. The fraction of sp³-hybridized carbons (Fsp3) is 0.632. The molecule has 4 rings (SSSR count). The van der Waals surface area contributed by atoms with Crippen molar-refractivity contribution < 1.29 is 8.42 Å². The van der Waals surface area contributed by atoms with Crippen LogP contribution in [0.4, 0.5) is 11.6 Å². The summed E-state index contributed by atoms with van der Waals surface area (Å²) in [5.41, 5.74) is 0. The first-order valence-corrected chi connectivity index (χ1v) is 11.8. The Labute approximate surface area is 178 Å². The number of anilines is 2. The molecule has 164 valence electrons. The van der Waals surface area contributed by atoms with Crippen LogP contribution in [0.5, 0.6) is 0 Å². The SMILES string of the molecule is CC(C)n1cnc(S(=O)(=O)N2CCN(c3cc(N4CCN(C)CC4)ncn3)CC2)c1. The summed E-state index contributed by atoms with van der Waals surface area (Å²) in [5, 5.41) is 0.115. The van der Waals surface area contributed by atoms with Gasteiger partial charge in [0.2, 0.25) is 0 Å². The Balaban J connectivity index is 1.41. The summed E-state index contributed by atoms with van der Waals surface area (Å²) in [6, 6.07) is 2.19. The molecule has 0 bridgehead atoms. The summed E-state index contributed by atoms with van der Waals surface area (Å²) in [7, 11) is -1.45. The minimum absolute atomic E-state index is 0.115. The first-order chi connectivity index (χ1) is 14.3. The molecule has 4 heterocycles. The summed E-state index contributed by atoms with van der Waals surface area (Å²) in [4.78, 5) is 19.7. The van der Waals surface area contributed by atoms with Gasteiger partial charge < -0.3 is 19.3 Å². The zero-order chi connectivity index (χ0) is 21.3. The maximum atomic E-state index is 12.9. The molecule has 2 aliphatic rings. The Kier molecular flexibility index (Phi) is 5.94. The minimum Gasteiger partial charge on any atom is -0.354 e. The molecule has 0 unspecified atom stereocenters. The smallest absolute Gasteiger partial charge is 0.262 e. The van der Waals surface area contributed by atoms with Crippen LogP contribution < -0.4 is 9.80 Å². The summed E-state index contributed by atoms with van der Waals surface area (Å²) in [5.74, 6) is 1.78. The highest BCUT2D eigenvalue weighted by molar-refractivity contribution is 7.89. The van der Waals surface area contributed by atoms with E-state index in [9.17, 15) is 8.42 Å². The third-order valence-corrected chi connectivity index (χ3v) is 7.59. The molecule has 0 spiro atoms. The van der Waals surface area contributed by atoms with E-state index in [1.54, 1.807) is 18.9 Å². The van der Waals surface area contributed by atoms with Gasteiger partial charge in [0.05, 0.1) is 6.33 Å². The van der Waals surface area contributed by atoms with Gasteiger partial charge in [0, 0.05) is 70.7 Å². The largest absolute Gasteiger partial charge is 0.354 e. The van der Waals surface area contributed by atoms with E-state index in [1.807, 2.05) is 24.5 Å². The molecule has 0 N–H and O–H groups in total. The first kappa shape index (κ1) is 21.0. The predicted octanol–water partition coefficient (Wildman–Crippen LogP) is 0.517. The lowest BCUT2D eigenvalue weighted by molar-refractivity contribution is 0.312. The maximum Gasteiger partial charge on any atom is 0.262 e. The second-order valence-corrected chi connectivity index (χ2v) is 10.1. The quantitative estimate of drug-likeness (QED) is 0.673. The average Bonchev–Trinajstić information content (AvgIpc) is 3.26. The lowest BCUT2D eigenvalue weighted by Crippen LogP contribution is -2.49. The molecular weight excluding hydrogens is 404 g/mol.